The van der Waals surface area contributed by atoms with Gasteiger partial charge < -0.3 is 70.7 Å². The number of nitrogens with zero attached hydrogens (tertiary/aromatic N) is 6. The maximum Gasteiger partial charge on any atom is 0.303 e. The fraction of sp³-hybridized carbons (Fsp3) is 0.346. The molecule has 76 heavy (non-hydrogen) atoms. The molecule has 1 unspecified atom stereocenters. The van der Waals surface area contributed by atoms with Crippen molar-refractivity contribution in [3.8, 4) is 17.2 Å². The molecule has 0 bridgehead atoms. The number of aromatic hydroxyl groups is 3. The highest BCUT2D eigenvalue weighted by molar-refractivity contribution is 5.98. The Labute approximate surface area is 437 Å². The molecule has 3 aromatic heterocycles. The summed E-state index contributed by atoms with van der Waals surface area (Å²) < 4.78 is 3.36. The van der Waals surface area contributed by atoms with Crippen LogP contribution in [0.3, 0.4) is 0 Å². The zero-order valence-electron chi connectivity index (χ0n) is 42.8. The third-order valence-electron chi connectivity index (χ3n) is 12.5. The van der Waals surface area contributed by atoms with Crippen LogP contribution >= 0.6 is 0 Å². The summed E-state index contributed by atoms with van der Waals surface area (Å²) in [4.78, 5) is 107. The van der Waals surface area contributed by atoms with Gasteiger partial charge in [-0.1, -0.05) is 25.3 Å². The molecule has 24 heteroatoms. The second kappa shape index (κ2) is 26.9. The molecule has 0 saturated heterocycles. The molecule has 406 valence electrons. The van der Waals surface area contributed by atoms with Crippen molar-refractivity contribution in [2.75, 3.05) is 77.8 Å². The molecule has 4 heterocycles. The van der Waals surface area contributed by atoms with Crippen molar-refractivity contribution in [2.24, 2.45) is 27.1 Å². The van der Waals surface area contributed by atoms with E-state index in [1.54, 1.807) is 18.1 Å². The van der Waals surface area contributed by atoms with Crippen LogP contribution in [0, 0.1) is 5.92 Å². The number of aliphatic hydroxyl groups excluding tert-OH is 1. The molecule has 1 atom stereocenters. The lowest BCUT2D eigenvalue weighted by Crippen LogP contribution is -2.46. The lowest BCUT2D eigenvalue weighted by atomic mass is 9.97. The van der Waals surface area contributed by atoms with Gasteiger partial charge in [0, 0.05) is 130 Å². The summed E-state index contributed by atoms with van der Waals surface area (Å²) in [6.07, 6.45) is 7.56. The number of pyridine rings is 3. The number of amides is 4. The molecule has 0 fully saturated rings. The number of hydrogen-bond donors (Lipinski definition) is 10. The highest BCUT2D eigenvalue weighted by Gasteiger charge is 2.24. The highest BCUT2D eigenvalue weighted by Crippen LogP contribution is 2.22. The van der Waals surface area contributed by atoms with E-state index in [0.29, 0.717) is 17.8 Å². The van der Waals surface area contributed by atoms with E-state index in [1.165, 1.54) is 64.0 Å². The first-order chi connectivity index (χ1) is 36.1. The van der Waals surface area contributed by atoms with Crippen molar-refractivity contribution in [1.82, 2.24) is 49.7 Å². The number of aryl methyl sites for hydroxylation is 3. The number of benzene rings is 1. The van der Waals surface area contributed by atoms with Crippen LogP contribution in [0.2, 0.25) is 0 Å². The van der Waals surface area contributed by atoms with Gasteiger partial charge in [0.15, 0.2) is 23.0 Å². The molecule has 10 N–H and O–H groups in total. The molecule has 4 aromatic rings. The number of aromatic nitrogens is 3. The summed E-state index contributed by atoms with van der Waals surface area (Å²) in [5.41, 5.74) is -0.761. The lowest BCUT2D eigenvalue weighted by Gasteiger charge is -2.32. The molecule has 0 spiro atoms. The molecular formula is C52H65N11O13. The van der Waals surface area contributed by atoms with Crippen LogP contribution in [-0.4, -0.2) is 156 Å². The van der Waals surface area contributed by atoms with Gasteiger partial charge in [0.2, 0.25) is 0 Å². The predicted molar refractivity (Wildman–Crippen MR) is 282 cm³/mol. The van der Waals surface area contributed by atoms with Gasteiger partial charge in [-0.05, 0) is 60.7 Å². The zero-order chi connectivity index (χ0) is 55.8. The average molecular weight is 1050 g/mol. The van der Waals surface area contributed by atoms with E-state index in [2.05, 4.69) is 39.7 Å². The molecule has 0 radical (unpaired) electrons. The normalized spacial score (nSPS) is 12.7. The minimum Gasteiger partial charge on any atom is -0.505 e. The van der Waals surface area contributed by atoms with Crippen molar-refractivity contribution in [3.05, 3.63) is 163 Å². The van der Waals surface area contributed by atoms with E-state index in [9.17, 15) is 58.8 Å². The van der Waals surface area contributed by atoms with Gasteiger partial charge in [-0.15, -0.1) is 0 Å². The Balaban J connectivity index is 1.45. The third kappa shape index (κ3) is 15.8. The van der Waals surface area contributed by atoms with Crippen molar-refractivity contribution < 1.29 is 49.5 Å². The van der Waals surface area contributed by atoms with Crippen LogP contribution in [-0.2, 0) is 37.2 Å². The number of allylic oxidation sites excluding steroid dienone is 1. The molecule has 24 nitrogen and oxygen atoms in total. The molecular weight excluding hydrogens is 987 g/mol. The first kappa shape index (κ1) is 58.0. The summed E-state index contributed by atoms with van der Waals surface area (Å²) in [6, 6.07) is 11.3. The van der Waals surface area contributed by atoms with Crippen LogP contribution in [0.15, 0.2) is 124 Å². The smallest absolute Gasteiger partial charge is 0.303 e. The number of likely N-dealkylation sites (N-methyl/N-ethyl adjacent to an activating group) is 1. The summed E-state index contributed by atoms with van der Waals surface area (Å²) in [5.74, 6) is -6.49. The summed E-state index contributed by atoms with van der Waals surface area (Å²) in [7, 11) is 5.94. The first-order valence-electron chi connectivity index (χ1n) is 24.1. The largest absolute Gasteiger partial charge is 0.505 e. The van der Waals surface area contributed by atoms with E-state index in [0.717, 1.165) is 19.3 Å². The predicted octanol–water partition coefficient (Wildman–Crippen LogP) is 0.644. The Hall–Kier alpha value is -8.90. The number of carbonyl (C=O) groups excluding carboxylic acids is 4. The van der Waals surface area contributed by atoms with E-state index < -0.39 is 63.5 Å². The van der Waals surface area contributed by atoms with E-state index in [1.807, 2.05) is 34.1 Å². The van der Waals surface area contributed by atoms with E-state index >= 15 is 0 Å². The monoisotopic (exact) mass is 1050 g/mol. The summed E-state index contributed by atoms with van der Waals surface area (Å²) in [6.45, 7) is 9.02. The fourth-order valence-corrected chi connectivity index (χ4v) is 8.04. The van der Waals surface area contributed by atoms with Crippen LogP contribution < -0.4 is 43.3 Å². The first-order valence-corrected chi connectivity index (χ1v) is 24.1. The van der Waals surface area contributed by atoms with Gasteiger partial charge in [-0.3, -0.25) is 48.2 Å². The molecule has 0 saturated carbocycles. The maximum atomic E-state index is 13.4. The number of carbonyl (C=O) groups is 5. The molecule has 0 aliphatic carbocycles. The quantitative estimate of drug-likeness (QED) is 0.0392. The zero-order valence-corrected chi connectivity index (χ0v) is 42.8. The number of aliphatic hydroxyl groups is 1. The van der Waals surface area contributed by atoms with Gasteiger partial charge >= 0.3 is 5.97 Å². The number of hydrogen-bond acceptors (Lipinski definition) is 16. The summed E-state index contributed by atoms with van der Waals surface area (Å²) >= 11 is 0. The van der Waals surface area contributed by atoms with Gasteiger partial charge in [-0.25, -0.2) is 0 Å². The summed E-state index contributed by atoms with van der Waals surface area (Å²) in [5, 5.41) is 65.5. The number of carboxylic acid groups (broad SMARTS) is 1. The van der Waals surface area contributed by atoms with Crippen LogP contribution in [0.25, 0.3) is 0 Å². The maximum absolute atomic E-state index is 13.4. The van der Waals surface area contributed by atoms with Gasteiger partial charge in [0.1, 0.15) is 0 Å². The van der Waals surface area contributed by atoms with Crippen molar-refractivity contribution in [2.45, 2.75) is 19.3 Å². The number of aliphatic carboxylic acids is 1. The number of carboxylic acids is 1. The second-order valence-electron chi connectivity index (χ2n) is 18.1. The number of rotatable bonds is 27. The third-order valence-corrected chi connectivity index (χ3v) is 12.5. The Kier molecular flexibility index (Phi) is 20.5. The van der Waals surface area contributed by atoms with E-state index in [-0.39, 0.29) is 118 Å². The van der Waals surface area contributed by atoms with E-state index in [4.69, 9.17) is 5.11 Å². The Bertz CT molecular complexity index is 3000. The van der Waals surface area contributed by atoms with Crippen molar-refractivity contribution >= 4 is 35.3 Å². The van der Waals surface area contributed by atoms with Gasteiger partial charge in [0.25, 0.3) is 40.3 Å². The van der Waals surface area contributed by atoms with Crippen molar-refractivity contribution in [1.29, 1.82) is 0 Å². The van der Waals surface area contributed by atoms with Crippen LogP contribution in [0.1, 0.15) is 49.5 Å². The van der Waals surface area contributed by atoms with Crippen molar-refractivity contribution in [3.63, 3.8) is 0 Å². The molecule has 5 rings (SSSR count). The lowest BCUT2D eigenvalue weighted by molar-refractivity contribution is -0.137. The number of anilines is 1. The SMILES string of the molecule is C=C(CCC(=O)O)Nc1ccc(CC(CN(CCNC(=O)C2=C(O)C(=C)N(C)C=C2)CCNC(=O)c2ccn(C)c(=O)c2O)CN(CCNC(=O)c2ccn(C)c(=O)c2O)CCNC(=O)c2ccn(C)c(=O)c2O)cc1. The Morgan fingerprint density at radius 1 is 0.592 bits per heavy atom. The fourth-order valence-electron chi connectivity index (χ4n) is 8.04. The van der Waals surface area contributed by atoms with Crippen LogP contribution in [0.5, 0.6) is 17.2 Å². The van der Waals surface area contributed by atoms with Gasteiger partial charge in [-0.2, -0.15) is 0 Å². The Morgan fingerprint density at radius 3 is 1.38 bits per heavy atom. The second-order valence-corrected chi connectivity index (χ2v) is 18.1. The minimum absolute atomic E-state index is 0.00159. The number of nitrogens with one attached hydrogen (secondary N) is 5. The topological polar surface area (TPSA) is 322 Å². The molecule has 4 amide bonds. The van der Waals surface area contributed by atoms with Crippen LogP contribution in [0.4, 0.5) is 5.69 Å². The average Bonchev–Trinajstić information content (AvgIpc) is 3.37. The molecule has 1 aromatic carbocycles. The highest BCUT2D eigenvalue weighted by atomic mass is 16.4. The standard InChI is InChI=1S/C52H65N11O13/c1-32(7-12-41(64)65)57-36-10-8-34(9-11-36)29-35(30-62(25-17-53-46(70)37-13-21-58(3)33(2)42(37)66)26-18-54-47(71)38-14-22-59(4)50(74)43(38)67)31-63(27-19-55-48(72)39-15-23-60(5)51(75)44(39)68)28-20-56-49(73)40-16-24-61(6)52(76)45(40)69/h8-11,13-16,21-24,35,57,66-69H,1-2,7,12,17-20,25-31H2,3-6H3,(H,53,70)(H,54,71)(H,55,72)(H,56,73)(H,64,65). The molecule has 1 aliphatic heterocycles. The Morgan fingerprint density at radius 2 is 0.987 bits per heavy atom. The van der Waals surface area contributed by atoms with Gasteiger partial charge in [0.05, 0.1) is 34.4 Å². The molecule has 1 aliphatic rings. The minimum atomic E-state index is -0.966.